The molecule has 0 aliphatic carbocycles. The van der Waals surface area contributed by atoms with E-state index in [4.69, 9.17) is 11.2 Å². The van der Waals surface area contributed by atoms with Crippen molar-refractivity contribution in [3.8, 4) is 0 Å². The summed E-state index contributed by atoms with van der Waals surface area (Å²) in [6, 6.07) is 0. The zero-order chi connectivity index (χ0) is 8.74. The lowest BCUT2D eigenvalue weighted by Gasteiger charge is -2.06. The van der Waals surface area contributed by atoms with E-state index in [2.05, 4.69) is 11.4 Å². The van der Waals surface area contributed by atoms with E-state index in [1.807, 2.05) is 0 Å². The lowest BCUT2D eigenvalue weighted by Crippen LogP contribution is -1.86. The van der Waals surface area contributed by atoms with Crippen molar-refractivity contribution >= 4 is 18.0 Å². The molecule has 0 aromatic carbocycles. The van der Waals surface area contributed by atoms with Crippen molar-refractivity contribution in [3.05, 3.63) is 0 Å². The third kappa shape index (κ3) is 6.86. The molecule has 0 saturated carbocycles. The molecule has 0 heterocycles. The van der Waals surface area contributed by atoms with Gasteiger partial charge in [0.05, 0.1) is 0 Å². The van der Waals surface area contributed by atoms with Crippen LogP contribution in [0.1, 0.15) is 32.6 Å². The molecule has 0 bridgehead atoms. The van der Waals surface area contributed by atoms with E-state index in [1.165, 1.54) is 20.0 Å². The first-order valence-corrected chi connectivity index (χ1v) is 6.68. The Balaban J connectivity index is 3.31. The quantitative estimate of drug-likeness (QED) is 0.481. The predicted octanol–water partition coefficient (Wildman–Crippen LogP) is 3.65. The van der Waals surface area contributed by atoms with E-state index in [1.54, 1.807) is 0 Å². The van der Waals surface area contributed by atoms with Crippen LogP contribution in [0.2, 0.25) is 0 Å². The fourth-order valence-electron chi connectivity index (χ4n) is 0.819. The normalized spacial score (nSPS) is 16.3. The number of hydrogen-bond donors (Lipinski definition) is 0. The van der Waals surface area contributed by atoms with Gasteiger partial charge < -0.3 is 4.52 Å². The number of rotatable bonds is 6. The number of hydrogen-bond acceptors (Lipinski definition) is 2. The summed E-state index contributed by atoms with van der Waals surface area (Å²) in [7, 11) is 1.40. The largest absolute Gasteiger partial charge is 0.321 e. The Bertz CT molecular complexity index is 138. The Kier molecular flexibility index (Phi) is 6.31. The lowest BCUT2D eigenvalue weighted by molar-refractivity contribution is 0.406. The van der Waals surface area contributed by atoms with E-state index in [9.17, 15) is 4.57 Å². The minimum atomic E-state index is -2.74. The molecule has 0 aromatic heterocycles. The van der Waals surface area contributed by atoms with Crippen LogP contribution in [0.5, 0.6) is 0 Å². The van der Waals surface area contributed by atoms with Gasteiger partial charge in [0, 0.05) is 13.3 Å². The van der Waals surface area contributed by atoms with Gasteiger partial charge in [-0.15, -0.1) is 0 Å². The third-order valence-electron chi connectivity index (χ3n) is 1.55. The molecule has 0 aromatic rings. The second-order valence-corrected chi connectivity index (χ2v) is 6.10. The average molecular weight is 199 g/mol. The second-order valence-electron chi connectivity index (χ2n) is 2.56. The highest BCUT2D eigenvalue weighted by Crippen LogP contribution is 2.52. The van der Waals surface area contributed by atoms with Gasteiger partial charge in [-0.3, -0.25) is 4.57 Å². The van der Waals surface area contributed by atoms with Gasteiger partial charge in [0.15, 0.2) is 0 Å². The van der Waals surface area contributed by atoms with Crippen molar-refractivity contribution in [2.24, 2.45) is 0 Å². The first kappa shape index (κ1) is 11.5. The van der Waals surface area contributed by atoms with Gasteiger partial charge >= 0.3 is 0 Å². The summed E-state index contributed by atoms with van der Waals surface area (Å²) in [6.07, 6.45) is 4.87. The second kappa shape index (κ2) is 6.05. The van der Waals surface area contributed by atoms with Crippen molar-refractivity contribution < 1.29 is 9.09 Å². The maximum Gasteiger partial charge on any atom is 0.289 e. The molecule has 0 spiro atoms. The minimum Gasteiger partial charge on any atom is -0.321 e. The van der Waals surface area contributed by atoms with Crippen LogP contribution in [0.3, 0.4) is 0 Å². The summed E-state index contributed by atoms with van der Waals surface area (Å²) in [6.45, 7) is -0.606. The third-order valence-corrected chi connectivity index (χ3v) is 3.87. The Morgan fingerprint density at radius 1 is 1.36 bits per heavy atom. The molecule has 4 heteroatoms. The van der Waals surface area contributed by atoms with Gasteiger partial charge in [-0.05, 0) is 17.7 Å². The summed E-state index contributed by atoms with van der Waals surface area (Å²) in [5.74, 6) is 0. The molecule has 0 radical (unpaired) electrons. The van der Waals surface area contributed by atoms with Crippen LogP contribution in [-0.4, -0.2) is 13.3 Å². The molecule has 0 amide bonds. The van der Waals surface area contributed by atoms with Gasteiger partial charge in [0.1, 0.15) is 0 Å². The van der Waals surface area contributed by atoms with Crippen molar-refractivity contribution in [2.75, 3.05) is 13.3 Å². The Morgan fingerprint density at radius 3 is 2.45 bits per heavy atom. The molecule has 1 unspecified atom stereocenters. The maximum absolute atomic E-state index is 11.1. The lowest BCUT2D eigenvalue weighted by atomic mass is 10.2. The molecule has 2 nitrogen and oxygen atoms in total. The van der Waals surface area contributed by atoms with Crippen molar-refractivity contribution in [2.45, 2.75) is 32.6 Å². The fraction of sp³-hybridized carbons (Fsp3) is 1.00. The maximum atomic E-state index is 11.1. The van der Waals surface area contributed by atoms with Gasteiger partial charge in [0.25, 0.3) is 6.72 Å². The molecule has 0 saturated heterocycles. The first-order valence-electron chi connectivity index (χ1n) is 3.97. The van der Waals surface area contributed by atoms with Crippen molar-refractivity contribution in [1.29, 1.82) is 0 Å². The van der Waals surface area contributed by atoms with Crippen LogP contribution >= 0.6 is 18.0 Å². The molecule has 0 rings (SSSR count). The zero-order valence-electron chi connectivity index (χ0n) is 7.18. The first-order chi connectivity index (χ1) is 5.12. The zero-order valence-corrected chi connectivity index (χ0v) is 8.83. The summed E-state index contributed by atoms with van der Waals surface area (Å²) in [5, 5.41) is 0. The minimum absolute atomic E-state index is 0.505. The monoisotopic (exact) mass is 198 g/mol. The standard InChI is InChI=1S/C7H16ClO2P/c1-3-4-5-6-7-11(8,9)10-2/h3-7H2,1-2H3. The highest BCUT2D eigenvalue weighted by molar-refractivity contribution is 7.85. The molecular weight excluding hydrogens is 183 g/mol. The molecule has 1 atom stereocenters. The summed E-state index contributed by atoms with van der Waals surface area (Å²) in [4.78, 5) is 0. The van der Waals surface area contributed by atoms with Gasteiger partial charge in [0.2, 0.25) is 0 Å². The molecule has 0 aliphatic heterocycles. The smallest absolute Gasteiger partial charge is 0.289 e. The molecule has 0 N–H and O–H groups in total. The summed E-state index contributed by atoms with van der Waals surface area (Å²) >= 11 is 5.53. The van der Waals surface area contributed by atoms with E-state index >= 15 is 0 Å². The van der Waals surface area contributed by atoms with Crippen LogP contribution < -0.4 is 0 Å². The highest BCUT2D eigenvalue weighted by atomic mass is 35.7. The highest BCUT2D eigenvalue weighted by Gasteiger charge is 2.15. The molecule has 0 aliphatic rings. The molecule has 11 heavy (non-hydrogen) atoms. The molecular formula is C7H16ClO2P. The van der Waals surface area contributed by atoms with Gasteiger partial charge in [-0.1, -0.05) is 26.2 Å². The summed E-state index contributed by atoms with van der Waals surface area (Å²) in [5.41, 5.74) is 0. The van der Waals surface area contributed by atoms with Gasteiger partial charge in [-0.25, -0.2) is 0 Å². The van der Waals surface area contributed by atoms with E-state index in [-0.39, 0.29) is 0 Å². The van der Waals surface area contributed by atoms with Gasteiger partial charge in [-0.2, -0.15) is 0 Å². The van der Waals surface area contributed by atoms with E-state index in [0.717, 1.165) is 12.8 Å². The van der Waals surface area contributed by atoms with Crippen LogP contribution in [0, 0.1) is 0 Å². The van der Waals surface area contributed by atoms with Crippen molar-refractivity contribution in [1.82, 2.24) is 0 Å². The van der Waals surface area contributed by atoms with Crippen LogP contribution in [0.15, 0.2) is 0 Å². The Labute approximate surface area is 73.5 Å². The predicted molar refractivity (Wildman–Crippen MR) is 49.5 cm³/mol. The number of halogens is 1. The van der Waals surface area contributed by atoms with Crippen LogP contribution in [0.25, 0.3) is 0 Å². The van der Waals surface area contributed by atoms with Crippen LogP contribution in [-0.2, 0) is 9.09 Å². The average Bonchev–Trinajstić information content (AvgIpc) is 1.99. The topological polar surface area (TPSA) is 26.3 Å². The summed E-state index contributed by atoms with van der Waals surface area (Å²) < 4.78 is 15.7. The molecule has 68 valence electrons. The Morgan fingerprint density at radius 2 is 2.00 bits per heavy atom. The van der Waals surface area contributed by atoms with Crippen molar-refractivity contribution in [3.63, 3.8) is 0 Å². The van der Waals surface area contributed by atoms with E-state index < -0.39 is 6.72 Å². The number of unbranched alkanes of at least 4 members (excludes halogenated alkanes) is 3. The molecule has 0 fully saturated rings. The SMILES string of the molecule is CCCCCCP(=O)(Cl)OC. The fourth-order valence-corrected chi connectivity index (χ4v) is 1.96. The Hall–Kier alpha value is 0.480. The van der Waals surface area contributed by atoms with Crippen LogP contribution in [0.4, 0.5) is 0 Å². The van der Waals surface area contributed by atoms with E-state index in [0.29, 0.717) is 6.16 Å².